The molecule has 6 nitrogen and oxygen atoms in total. The van der Waals surface area contributed by atoms with Gasteiger partial charge in [-0.2, -0.15) is 13.2 Å². The van der Waals surface area contributed by atoms with Gasteiger partial charge in [-0.3, -0.25) is 19.3 Å². The van der Waals surface area contributed by atoms with E-state index >= 15 is 0 Å². The van der Waals surface area contributed by atoms with E-state index in [2.05, 4.69) is 0 Å². The Morgan fingerprint density at radius 2 is 1.76 bits per heavy atom. The van der Waals surface area contributed by atoms with Gasteiger partial charge in [0.05, 0.1) is 30.2 Å². The summed E-state index contributed by atoms with van der Waals surface area (Å²) in [4.78, 5) is 40.7. The highest BCUT2D eigenvalue weighted by molar-refractivity contribution is 8.18. The Balaban J connectivity index is 1.48. The smallest absolute Gasteiger partial charge is 0.378 e. The molecule has 2 fully saturated rings. The summed E-state index contributed by atoms with van der Waals surface area (Å²) in [5.41, 5.74) is 0.667. The van der Waals surface area contributed by atoms with Crippen molar-refractivity contribution < 1.29 is 32.3 Å². The maximum absolute atomic E-state index is 12.8. The maximum atomic E-state index is 12.8. The van der Waals surface area contributed by atoms with E-state index < -0.39 is 22.9 Å². The third kappa shape index (κ3) is 5.28. The maximum Gasteiger partial charge on any atom is 0.416 e. The second kappa shape index (κ2) is 9.40. The number of carbonyl (C=O) groups excluding carboxylic acids is 3. The Labute approximate surface area is 192 Å². The quantitative estimate of drug-likeness (QED) is 0.612. The molecule has 2 aromatic rings. The monoisotopic (exact) mass is 476 g/mol. The fourth-order valence-electron chi connectivity index (χ4n) is 3.48. The number of imide groups is 1. The molecule has 0 unspecified atom stereocenters. The number of halogens is 3. The Kier molecular flexibility index (Phi) is 6.57. The molecule has 33 heavy (non-hydrogen) atoms. The van der Waals surface area contributed by atoms with E-state index in [1.807, 2.05) is 0 Å². The van der Waals surface area contributed by atoms with Crippen LogP contribution in [-0.2, 0) is 22.3 Å². The van der Waals surface area contributed by atoms with Crippen LogP contribution in [0.4, 0.5) is 18.0 Å². The second-order valence-electron chi connectivity index (χ2n) is 7.49. The number of alkyl halides is 3. The van der Waals surface area contributed by atoms with Gasteiger partial charge in [-0.15, -0.1) is 0 Å². The first-order chi connectivity index (χ1) is 15.7. The van der Waals surface area contributed by atoms with Crippen molar-refractivity contribution in [2.45, 2.75) is 12.7 Å². The Hall–Kier alpha value is -3.11. The van der Waals surface area contributed by atoms with Gasteiger partial charge >= 0.3 is 6.18 Å². The van der Waals surface area contributed by atoms with Gasteiger partial charge in [0.2, 0.25) is 0 Å². The number of ether oxygens (including phenoxy) is 1. The zero-order chi connectivity index (χ0) is 23.6. The van der Waals surface area contributed by atoms with Crippen molar-refractivity contribution in [3.63, 3.8) is 0 Å². The second-order valence-corrected chi connectivity index (χ2v) is 8.49. The van der Waals surface area contributed by atoms with Gasteiger partial charge < -0.3 is 9.64 Å². The van der Waals surface area contributed by atoms with Crippen LogP contribution in [0.1, 0.15) is 27.0 Å². The van der Waals surface area contributed by atoms with E-state index in [1.54, 1.807) is 29.2 Å². The number of morpholine rings is 1. The van der Waals surface area contributed by atoms with Crippen LogP contribution in [-0.4, -0.2) is 53.2 Å². The highest BCUT2D eigenvalue weighted by atomic mass is 32.2. The first-order valence-electron chi connectivity index (χ1n) is 10.1. The molecule has 0 N–H and O–H groups in total. The van der Waals surface area contributed by atoms with Gasteiger partial charge in [-0.05, 0) is 53.2 Å². The van der Waals surface area contributed by atoms with Crippen molar-refractivity contribution in [3.05, 3.63) is 75.7 Å². The minimum atomic E-state index is -4.46. The summed E-state index contributed by atoms with van der Waals surface area (Å²) < 4.78 is 43.5. The molecule has 0 radical (unpaired) electrons. The van der Waals surface area contributed by atoms with Crippen LogP contribution in [0.5, 0.6) is 0 Å². The summed E-state index contributed by atoms with van der Waals surface area (Å²) >= 11 is 0.752. The molecule has 0 spiro atoms. The molecule has 0 atom stereocenters. The number of hydrogen-bond donors (Lipinski definition) is 0. The minimum Gasteiger partial charge on any atom is -0.378 e. The van der Waals surface area contributed by atoms with E-state index in [1.165, 1.54) is 18.2 Å². The van der Waals surface area contributed by atoms with Crippen molar-refractivity contribution in [3.8, 4) is 0 Å². The Bertz CT molecular complexity index is 1110. The standard InChI is InChI=1S/C23H19F3N2O4S/c24-23(25,26)18-6-4-15(5-7-18)14-28-21(30)19(33-22(28)31)13-16-2-1-3-17(12-16)20(29)27-8-10-32-11-9-27/h1-7,12-13H,8-11,14H2/b19-13-. The first kappa shape index (κ1) is 23.1. The van der Waals surface area contributed by atoms with Crippen LogP contribution in [0, 0.1) is 0 Å². The molecule has 0 aliphatic carbocycles. The normalized spacial score (nSPS) is 18.3. The summed E-state index contributed by atoms with van der Waals surface area (Å²) in [6.45, 7) is 1.85. The molecule has 2 aromatic carbocycles. The number of carbonyl (C=O) groups is 3. The molecule has 3 amide bonds. The van der Waals surface area contributed by atoms with Gasteiger partial charge in [-0.25, -0.2) is 0 Å². The SMILES string of the molecule is O=C(c1cccc(/C=C2\SC(=O)N(Cc3ccc(C(F)(F)F)cc3)C2=O)c1)N1CCOCC1. The summed E-state index contributed by atoms with van der Waals surface area (Å²) in [6, 6.07) is 11.1. The molecule has 10 heteroatoms. The average Bonchev–Trinajstić information content (AvgIpc) is 3.06. The van der Waals surface area contributed by atoms with Crippen LogP contribution in [0.2, 0.25) is 0 Å². The molecule has 0 bridgehead atoms. The average molecular weight is 476 g/mol. The van der Waals surface area contributed by atoms with Gasteiger partial charge in [0.15, 0.2) is 0 Å². The number of nitrogens with zero attached hydrogens (tertiary/aromatic N) is 2. The molecule has 2 aliphatic heterocycles. The Morgan fingerprint density at radius 1 is 1.06 bits per heavy atom. The molecular weight excluding hydrogens is 457 g/mol. The summed E-state index contributed by atoms with van der Waals surface area (Å²) in [5.74, 6) is -0.668. The van der Waals surface area contributed by atoms with Crippen LogP contribution in [0.3, 0.4) is 0 Å². The minimum absolute atomic E-state index is 0.129. The largest absolute Gasteiger partial charge is 0.416 e. The van der Waals surface area contributed by atoms with Crippen molar-refractivity contribution in [2.75, 3.05) is 26.3 Å². The predicted molar refractivity (Wildman–Crippen MR) is 116 cm³/mol. The molecule has 0 aromatic heterocycles. The van der Waals surface area contributed by atoms with Gasteiger partial charge in [0.25, 0.3) is 17.1 Å². The predicted octanol–water partition coefficient (Wildman–Crippen LogP) is 4.41. The van der Waals surface area contributed by atoms with E-state index in [0.29, 0.717) is 43.0 Å². The molecule has 0 saturated carbocycles. The van der Waals surface area contributed by atoms with Gasteiger partial charge in [-0.1, -0.05) is 24.3 Å². The van der Waals surface area contributed by atoms with Crippen molar-refractivity contribution in [1.82, 2.24) is 9.80 Å². The number of rotatable bonds is 4. The molecule has 4 rings (SSSR count). The van der Waals surface area contributed by atoms with Crippen molar-refractivity contribution in [2.24, 2.45) is 0 Å². The van der Waals surface area contributed by atoms with Crippen LogP contribution < -0.4 is 0 Å². The number of hydrogen-bond acceptors (Lipinski definition) is 5. The number of thioether (sulfide) groups is 1. The fraction of sp³-hybridized carbons (Fsp3) is 0.261. The molecular formula is C23H19F3N2O4S. The summed E-state index contributed by atoms with van der Waals surface area (Å²) in [6.07, 6.45) is -2.92. The van der Waals surface area contributed by atoms with E-state index in [-0.39, 0.29) is 17.4 Å². The van der Waals surface area contributed by atoms with E-state index in [9.17, 15) is 27.6 Å². The first-order valence-corrected chi connectivity index (χ1v) is 10.9. The number of amides is 3. The van der Waals surface area contributed by atoms with E-state index in [4.69, 9.17) is 4.74 Å². The highest BCUT2D eigenvalue weighted by Gasteiger charge is 2.35. The lowest BCUT2D eigenvalue weighted by Gasteiger charge is -2.26. The third-order valence-corrected chi connectivity index (χ3v) is 6.13. The zero-order valence-corrected chi connectivity index (χ0v) is 18.1. The Morgan fingerprint density at radius 3 is 2.42 bits per heavy atom. The molecule has 2 saturated heterocycles. The summed E-state index contributed by atoms with van der Waals surface area (Å²) in [5, 5.41) is -0.508. The highest BCUT2D eigenvalue weighted by Crippen LogP contribution is 2.34. The lowest BCUT2D eigenvalue weighted by atomic mass is 10.1. The molecule has 2 heterocycles. The lowest BCUT2D eigenvalue weighted by molar-refractivity contribution is -0.137. The molecule has 2 aliphatic rings. The lowest BCUT2D eigenvalue weighted by Crippen LogP contribution is -2.40. The fourth-order valence-corrected chi connectivity index (χ4v) is 4.32. The molecule has 172 valence electrons. The van der Waals surface area contributed by atoms with Crippen molar-refractivity contribution >= 4 is 34.9 Å². The van der Waals surface area contributed by atoms with Gasteiger partial charge in [0.1, 0.15) is 0 Å². The van der Waals surface area contributed by atoms with E-state index in [0.717, 1.165) is 28.8 Å². The van der Waals surface area contributed by atoms with Crippen LogP contribution in [0.15, 0.2) is 53.4 Å². The number of benzene rings is 2. The topological polar surface area (TPSA) is 66.9 Å². The van der Waals surface area contributed by atoms with Crippen LogP contribution >= 0.6 is 11.8 Å². The third-order valence-electron chi connectivity index (χ3n) is 5.23. The summed E-state index contributed by atoms with van der Waals surface area (Å²) in [7, 11) is 0. The zero-order valence-electron chi connectivity index (χ0n) is 17.3. The van der Waals surface area contributed by atoms with Crippen LogP contribution in [0.25, 0.3) is 6.08 Å². The van der Waals surface area contributed by atoms with Crippen molar-refractivity contribution in [1.29, 1.82) is 0 Å². The van der Waals surface area contributed by atoms with Gasteiger partial charge in [0, 0.05) is 18.7 Å².